The quantitative estimate of drug-likeness (QED) is 0.130. The number of aromatic hydroxyl groups is 1. The molecule has 302 valence electrons. The lowest BCUT2D eigenvalue weighted by molar-refractivity contribution is -0.130. The number of hydrogen-bond donors (Lipinski definition) is 5. The van der Waals surface area contributed by atoms with Crippen LogP contribution >= 0.6 is 0 Å². The monoisotopic (exact) mass is 759 g/mol. The maximum Gasteiger partial charge on any atom is 0.407 e. The summed E-state index contributed by atoms with van der Waals surface area (Å²) in [6.45, 7) is 16.7. The Balaban J connectivity index is 1.11. The number of rotatable bonds is 17. The summed E-state index contributed by atoms with van der Waals surface area (Å²) >= 11 is 0. The maximum atomic E-state index is 14.1. The number of benzene rings is 2. The minimum absolute atomic E-state index is 0.00787. The Labute approximate surface area is 328 Å². The van der Waals surface area contributed by atoms with Gasteiger partial charge in [0.25, 0.3) is 0 Å². The van der Waals surface area contributed by atoms with E-state index in [0.29, 0.717) is 43.6 Å². The van der Waals surface area contributed by atoms with Crippen molar-refractivity contribution in [3.05, 3.63) is 65.2 Å². The number of carbonyl (C=O) groups excluding carboxylic acids is 4. The van der Waals surface area contributed by atoms with Crippen LogP contribution in [0.1, 0.15) is 110 Å². The van der Waals surface area contributed by atoms with Gasteiger partial charge >= 0.3 is 6.09 Å². The van der Waals surface area contributed by atoms with E-state index in [1.807, 2.05) is 71.0 Å². The third kappa shape index (κ3) is 10.4. The van der Waals surface area contributed by atoms with Gasteiger partial charge in [-0.05, 0) is 118 Å². The zero-order valence-corrected chi connectivity index (χ0v) is 34.1. The van der Waals surface area contributed by atoms with E-state index < -0.39 is 23.2 Å². The van der Waals surface area contributed by atoms with Crippen molar-refractivity contribution in [1.82, 2.24) is 26.2 Å². The molecule has 1 heterocycles. The molecule has 2 aromatic carbocycles. The van der Waals surface area contributed by atoms with Gasteiger partial charge in [0.2, 0.25) is 17.7 Å². The van der Waals surface area contributed by atoms with Crippen molar-refractivity contribution in [3.63, 3.8) is 0 Å². The van der Waals surface area contributed by atoms with Crippen LogP contribution in [0.15, 0.2) is 48.5 Å². The average Bonchev–Trinajstić information content (AvgIpc) is 3.85. The normalized spacial score (nSPS) is 25.0. The molecule has 5 rings (SSSR count). The van der Waals surface area contributed by atoms with Gasteiger partial charge in [-0.2, -0.15) is 0 Å². The fraction of sp³-hybridized carbons (Fsp3) is 0.636. The predicted molar refractivity (Wildman–Crippen MR) is 215 cm³/mol. The molecule has 1 saturated carbocycles. The van der Waals surface area contributed by atoms with E-state index in [2.05, 4.69) is 46.1 Å². The summed E-state index contributed by atoms with van der Waals surface area (Å²) in [6.07, 6.45) is 6.08. The third-order valence-electron chi connectivity index (χ3n) is 12.2. The number of phenolic OH excluding ortho intramolecular Hbond substituents is 1. The topological polar surface area (TPSA) is 149 Å². The molecule has 2 fully saturated rings. The minimum atomic E-state index is -0.718. The van der Waals surface area contributed by atoms with Crippen LogP contribution in [0.5, 0.6) is 5.75 Å². The lowest BCUT2D eigenvalue weighted by Crippen LogP contribution is -2.58. The van der Waals surface area contributed by atoms with Gasteiger partial charge in [-0.3, -0.25) is 19.3 Å². The van der Waals surface area contributed by atoms with Crippen molar-refractivity contribution in [3.8, 4) is 5.75 Å². The number of piperidine rings is 1. The molecule has 3 aliphatic rings. The molecular weight excluding hydrogens is 695 g/mol. The molecule has 11 nitrogen and oxygen atoms in total. The second-order valence-electron chi connectivity index (χ2n) is 17.9. The van der Waals surface area contributed by atoms with Crippen LogP contribution in [0, 0.1) is 17.8 Å². The average molecular weight is 760 g/mol. The Morgan fingerprint density at radius 2 is 1.65 bits per heavy atom. The number of nitrogens with one attached hydrogen (secondary N) is 4. The summed E-state index contributed by atoms with van der Waals surface area (Å²) in [5.41, 5.74) is 2.28. The molecule has 1 saturated heterocycles. The predicted octanol–water partition coefficient (Wildman–Crippen LogP) is 5.72. The molecule has 11 heteroatoms. The first-order chi connectivity index (χ1) is 26.0. The highest BCUT2D eigenvalue weighted by molar-refractivity contribution is 5.95. The fourth-order valence-electron chi connectivity index (χ4n) is 8.96. The van der Waals surface area contributed by atoms with Crippen LogP contribution in [-0.2, 0) is 36.4 Å². The molecule has 1 aliphatic heterocycles. The van der Waals surface area contributed by atoms with E-state index in [1.54, 1.807) is 6.07 Å². The molecule has 4 amide bonds. The van der Waals surface area contributed by atoms with Gasteiger partial charge in [0.1, 0.15) is 17.4 Å². The number of amides is 4. The molecular formula is C44H65N5O6. The van der Waals surface area contributed by atoms with E-state index in [0.717, 1.165) is 57.2 Å². The highest BCUT2D eigenvalue weighted by atomic mass is 16.6. The first kappa shape index (κ1) is 42.0. The van der Waals surface area contributed by atoms with E-state index in [-0.39, 0.29) is 41.5 Å². The summed E-state index contributed by atoms with van der Waals surface area (Å²) < 4.78 is 5.25. The second kappa shape index (κ2) is 17.8. The van der Waals surface area contributed by atoms with Gasteiger partial charge in [0.15, 0.2) is 0 Å². The van der Waals surface area contributed by atoms with Crippen molar-refractivity contribution < 1.29 is 29.0 Å². The van der Waals surface area contributed by atoms with Crippen LogP contribution in [0.25, 0.3) is 0 Å². The Hall–Kier alpha value is -4.12. The lowest BCUT2D eigenvalue weighted by Gasteiger charge is -2.55. The molecule has 2 bridgehead atoms. The molecule has 0 aromatic heterocycles. The molecule has 5 N–H and O–H groups in total. The number of phenols is 1. The summed E-state index contributed by atoms with van der Waals surface area (Å²) in [7, 11) is 0. The zero-order valence-electron chi connectivity index (χ0n) is 34.1. The van der Waals surface area contributed by atoms with Crippen LogP contribution in [0.3, 0.4) is 0 Å². The molecule has 0 unspecified atom stereocenters. The van der Waals surface area contributed by atoms with Gasteiger partial charge in [-0.15, -0.1) is 0 Å². The van der Waals surface area contributed by atoms with Gasteiger partial charge < -0.3 is 31.1 Å². The standard InChI is InChI=1S/C44H65N5O6/c1-29(2)23-36(39(52)45-20-13-8-9-14-21-46-41(54)55-42(4,5)6)48-38(51)27-47-40(53)44(32-15-11-10-12-16-32)26-33(44)28-49-22-19-43(7)30(3)37(49)24-31-17-18-34(50)25-35(31)43/h10-12,15-18,25,29-30,33,36-37,50H,8-9,13-14,19-24,26-28H2,1-7H3,(H,45,52)(H,46,54)(H,47,53)(H,48,51)/t30-,33-,36+,37-,43-,44+/m1/s1. The molecule has 0 radical (unpaired) electrons. The largest absolute Gasteiger partial charge is 0.508 e. The summed E-state index contributed by atoms with van der Waals surface area (Å²) in [5, 5.41) is 21.8. The zero-order chi connectivity index (χ0) is 40.0. The number of nitrogens with zero attached hydrogens (tertiary/aromatic N) is 1. The maximum absolute atomic E-state index is 14.1. The SMILES string of the molecule is CC(C)C[C@H](NC(=O)CNC(=O)[C@]1(c2ccccc2)C[C@@H]1CN1CC[C@@]2(C)c3cc(O)ccc3C[C@@H]1[C@H]2C)C(=O)NCCCCCCNC(=O)OC(C)(C)C. The minimum Gasteiger partial charge on any atom is -0.508 e. The first-order valence-electron chi connectivity index (χ1n) is 20.5. The van der Waals surface area contributed by atoms with Crippen LogP contribution in [0.4, 0.5) is 4.79 Å². The van der Waals surface area contributed by atoms with E-state index in [9.17, 15) is 24.3 Å². The molecule has 2 aliphatic carbocycles. The highest BCUT2D eigenvalue weighted by Crippen LogP contribution is 2.56. The first-order valence-corrected chi connectivity index (χ1v) is 20.5. The van der Waals surface area contributed by atoms with Crippen molar-refractivity contribution in [1.29, 1.82) is 0 Å². The Morgan fingerprint density at radius 1 is 0.964 bits per heavy atom. The van der Waals surface area contributed by atoms with Gasteiger partial charge in [-0.1, -0.05) is 76.9 Å². The van der Waals surface area contributed by atoms with Gasteiger partial charge in [-0.25, -0.2) is 4.79 Å². The van der Waals surface area contributed by atoms with E-state index in [4.69, 9.17) is 4.74 Å². The second-order valence-corrected chi connectivity index (χ2v) is 17.9. The molecule has 2 aromatic rings. The number of fused-ring (bicyclic) bond motifs is 4. The van der Waals surface area contributed by atoms with Crippen molar-refractivity contribution in [2.45, 2.75) is 128 Å². The van der Waals surface area contributed by atoms with E-state index >= 15 is 0 Å². The van der Waals surface area contributed by atoms with E-state index in [1.165, 1.54) is 11.1 Å². The number of hydrogen-bond acceptors (Lipinski definition) is 7. The summed E-state index contributed by atoms with van der Waals surface area (Å²) in [5.74, 6) is 0.245. The lowest BCUT2D eigenvalue weighted by atomic mass is 9.59. The smallest absolute Gasteiger partial charge is 0.407 e. The summed E-state index contributed by atoms with van der Waals surface area (Å²) in [6, 6.07) is 15.4. The Morgan fingerprint density at radius 3 is 2.33 bits per heavy atom. The number of alkyl carbamates (subject to hydrolysis) is 1. The number of unbranched alkanes of at least 4 members (excludes halogenated alkanes) is 3. The number of likely N-dealkylation sites (tertiary alicyclic amines) is 1. The summed E-state index contributed by atoms with van der Waals surface area (Å²) in [4.78, 5) is 54.9. The van der Waals surface area contributed by atoms with Crippen molar-refractivity contribution >= 4 is 23.8 Å². The van der Waals surface area contributed by atoms with Crippen LogP contribution < -0.4 is 21.3 Å². The van der Waals surface area contributed by atoms with Gasteiger partial charge in [0, 0.05) is 25.7 Å². The Kier molecular flexibility index (Phi) is 13.6. The Bertz CT molecular complexity index is 1660. The third-order valence-corrected chi connectivity index (χ3v) is 12.2. The molecule has 55 heavy (non-hydrogen) atoms. The van der Waals surface area contributed by atoms with Gasteiger partial charge in [0.05, 0.1) is 12.0 Å². The number of ether oxygens (including phenoxy) is 1. The van der Waals surface area contributed by atoms with Crippen molar-refractivity contribution in [2.75, 3.05) is 32.7 Å². The molecule has 0 spiro atoms. The molecule has 6 atom stereocenters. The highest BCUT2D eigenvalue weighted by Gasteiger charge is 2.62. The fourth-order valence-corrected chi connectivity index (χ4v) is 8.96. The van der Waals surface area contributed by atoms with Crippen molar-refractivity contribution in [2.24, 2.45) is 17.8 Å². The van der Waals surface area contributed by atoms with Crippen LogP contribution in [-0.4, -0.2) is 84.2 Å². The number of carbonyl (C=O) groups is 4. The van der Waals surface area contributed by atoms with Crippen LogP contribution in [0.2, 0.25) is 0 Å².